The van der Waals surface area contributed by atoms with E-state index in [1.165, 1.54) is 5.56 Å². The number of nitrogens with zero attached hydrogens (tertiary/aromatic N) is 2. The number of hydrogen-bond acceptors (Lipinski definition) is 4. The molecule has 1 heterocycles. The van der Waals surface area contributed by atoms with Crippen LogP contribution in [0.2, 0.25) is 0 Å². The van der Waals surface area contributed by atoms with Crippen molar-refractivity contribution in [1.29, 1.82) is 5.26 Å². The lowest BCUT2D eigenvalue weighted by molar-refractivity contribution is 0.332. The van der Waals surface area contributed by atoms with E-state index in [1.54, 1.807) is 6.20 Å². The fourth-order valence-electron chi connectivity index (χ4n) is 1.88. The third-order valence-corrected chi connectivity index (χ3v) is 2.92. The number of pyridine rings is 1. The molecule has 4 nitrogen and oxygen atoms in total. The standard InChI is InChI=1S/C16H17N3O/c1-12-4-3-5-14(10-12)20-9-8-19-16-15(11-17)13(2)6-7-18-16/h3-7,10H,8-9H2,1-2H3,(H,18,19). The van der Waals surface area contributed by atoms with E-state index < -0.39 is 0 Å². The van der Waals surface area contributed by atoms with E-state index in [9.17, 15) is 0 Å². The Morgan fingerprint density at radius 3 is 2.90 bits per heavy atom. The molecule has 1 aromatic carbocycles. The van der Waals surface area contributed by atoms with Gasteiger partial charge in [-0.05, 0) is 43.2 Å². The zero-order valence-corrected chi connectivity index (χ0v) is 11.7. The number of hydrogen-bond donors (Lipinski definition) is 1. The first kappa shape index (κ1) is 13.9. The van der Waals surface area contributed by atoms with Crippen molar-refractivity contribution in [3.8, 4) is 11.8 Å². The molecular formula is C16H17N3O. The maximum atomic E-state index is 9.10. The van der Waals surface area contributed by atoms with Crippen molar-refractivity contribution in [2.75, 3.05) is 18.5 Å². The van der Waals surface area contributed by atoms with E-state index in [1.807, 2.05) is 44.2 Å². The van der Waals surface area contributed by atoms with Gasteiger partial charge in [0, 0.05) is 6.20 Å². The smallest absolute Gasteiger partial charge is 0.144 e. The molecule has 0 aliphatic carbocycles. The van der Waals surface area contributed by atoms with Crippen molar-refractivity contribution in [1.82, 2.24) is 4.98 Å². The molecule has 0 amide bonds. The first-order chi connectivity index (χ1) is 9.70. The Hall–Kier alpha value is -2.54. The van der Waals surface area contributed by atoms with Crippen molar-refractivity contribution >= 4 is 5.82 Å². The Kier molecular flexibility index (Phi) is 4.56. The van der Waals surface area contributed by atoms with E-state index in [2.05, 4.69) is 16.4 Å². The second-order valence-corrected chi connectivity index (χ2v) is 4.56. The van der Waals surface area contributed by atoms with E-state index in [4.69, 9.17) is 10.00 Å². The second kappa shape index (κ2) is 6.58. The van der Waals surface area contributed by atoms with Crippen LogP contribution in [0.25, 0.3) is 0 Å². The van der Waals surface area contributed by atoms with Crippen LogP contribution in [0.5, 0.6) is 5.75 Å². The predicted molar refractivity (Wildman–Crippen MR) is 78.9 cm³/mol. The van der Waals surface area contributed by atoms with E-state index in [-0.39, 0.29) is 0 Å². The quantitative estimate of drug-likeness (QED) is 0.846. The number of aryl methyl sites for hydroxylation is 2. The Balaban J connectivity index is 1.88. The Labute approximate surface area is 119 Å². The molecule has 4 heteroatoms. The van der Waals surface area contributed by atoms with Crippen LogP contribution in [-0.4, -0.2) is 18.1 Å². The molecule has 0 fully saturated rings. The van der Waals surface area contributed by atoms with Crippen LogP contribution in [0.4, 0.5) is 5.82 Å². The van der Waals surface area contributed by atoms with Gasteiger partial charge in [-0.25, -0.2) is 4.98 Å². The first-order valence-electron chi connectivity index (χ1n) is 6.50. The first-order valence-corrected chi connectivity index (χ1v) is 6.50. The summed E-state index contributed by atoms with van der Waals surface area (Å²) in [5.74, 6) is 1.46. The summed E-state index contributed by atoms with van der Waals surface area (Å²) in [6.45, 7) is 5.04. The summed E-state index contributed by atoms with van der Waals surface area (Å²) in [5.41, 5.74) is 2.68. The molecule has 102 valence electrons. The summed E-state index contributed by atoms with van der Waals surface area (Å²) in [5, 5.41) is 12.2. The molecule has 20 heavy (non-hydrogen) atoms. The van der Waals surface area contributed by atoms with Crippen LogP contribution < -0.4 is 10.1 Å². The lowest BCUT2D eigenvalue weighted by Crippen LogP contribution is -2.13. The van der Waals surface area contributed by atoms with Crippen molar-refractivity contribution in [3.63, 3.8) is 0 Å². The molecule has 1 aromatic heterocycles. The average Bonchev–Trinajstić information content (AvgIpc) is 2.44. The summed E-state index contributed by atoms with van der Waals surface area (Å²) < 4.78 is 5.64. The van der Waals surface area contributed by atoms with Crippen LogP contribution in [0.15, 0.2) is 36.5 Å². The molecule has 0 bridgehead atoms. The average molecular weight is 267 g/mol. The van der Waals surface area contributed by atoms with Crippen LogP contribution >= 0.6 is 0 Å². The predicted octanol–water partition coefficient (Wildman–Crippen LogP) is 3.06. The van der Waals surface area contributed by atoms with Gasteiger partial charge in [0.25, 0.3) is 0 Å². The Morgan fingerprint density at radius 2 is 2.15 bits per heavy atom. The highest BCUT2D eigenvalue weighted by atomic mass is 16.5. The number of ether oxygens (including phenoxy) is 1. The highest BCUT2D eigenvalue weighted by Gasteiger charge is 2.05. The Bertz CT molecular complexity index is 632. The molecule has 2 rings (SSSR count). The number of benzene rings is 1. The molecule has 0 atom stereocenters. The SMILES string of the molecule is Cc1cccc(OCCNc2nccc(C)c2C#N)c1. The monoisotopic (exact) mass is 267 g/mol. The molecule has 1 N–H and O–H groups in total. The second-order valence-electron chi connectivity index (χ2n) is 4.56. The molecule has 0 saturated carbocycles. The number of rotatable bonds is 5. The highest BCUT2D eigenvalue weighted by Crippen LogP contribution is 2.15. The lowest BCUT2D eigenvalue weighted by Gasteiger charge is -2.10. The van der Waals surface area contributed by atoms with Crippen LogP contribution in [-0.2, 0) is 0 Å². The van der Waals surface area contributed by atoms with Gasteiger partial charge in [-0.3, -0.25) is 0 Å². The normalized spacial score (nSPS) is 9.85. The van der Waals surface area contributed by atoms with E-state index in [0.717, 1.165) is 11.3 Å². The molecule has 0 radical (unpaired) electrons. The largest absolute Gasteiger partial charge is 0.492 e. The number of nitriles is 1. The molecule has 0 saturated heterocycles. The minimum atomic E-state index is 0.518. The molecule has 0 spiro atoms. The van der Waals surface area contributed by atoms with Gasteiger partial charge in [0.15, 0.2) is 0 Å². The van der Waals surface area contributed by atoms with Crippen LogP contribution in [0.1, 0.15) is 16.7 Å². The van der Waals surface area contributed by atoms with Crippen molar-refractivity contribution in [3.05, 3.63) is 53.2 Å². The van der Waals surface area contributed by atoms with Gasteiger partial charge in [-0.15, -0.1) is 0 Å². The summed E-state index contributed by atoms with van der Waals surface area (Å²) >= 11 is 0. The van der Waals surface area contributed by atoms with Gasteiger partial charge in [0.1, 0.15) is 24.2 Å². The van der Waals surface area contributed by atoms with Crippen molar-refractivity contribution < 1.29 is 4.74 Å². The van der Waals surface area contributed by atoms with Gasteiger partial charge in [-0.2, -0.15) is 5.26 Å². The minimum absolute atomic E-state index is 0.518. The maximum absolute atomic E-state index is 9.10. The lowest BCUT2D eigenvalue weighted by atomic mass is 10.1. The topological polar surface area (TPSA) is 57.9 Å². The maximum Gasteiger partial charge on any atom is 0.144 e. The van der Waals surface area contributed by atoms with Crippen LogP contribution in [0, 0.1) is 25.2 Å². The van der Waals surface area contributed by atoms with Crippen molar-refractivity contribution in [2.24, 2.45) is 0 Å². The molecular weight excluding hydrogens is 250 g/mol. The zero-order valence-electron chi connectivity index (χ0n) is 11.7. The van der Waals surface area contributed by atoms with E-state index >= 15 is 0 Å². The molecule has 0 aliphatic rings. The highest BCUT2D eigenvalue weighted by molar-refractivity contribution is 5.55. The van der Waals surface area contributed by atoms with Gasteiger partial charge in [0.05, 0.1) is 12.1 Å². The van der Waals surface area contributed by atoms with Gasteiger partial charge in [0.2, 0.25) is 0 Å². The fraction of sp³-hybridized carbons (Fsp3) is 0.250. The van der Waals surface area contributed by atoms with Gasteiger partial charge in [-0.1, -0.05) is 12.1 Å². The third kappa shape index (κ3) is 3.48. The number of aromatic nitrogens is 1. The number of nitrogens with one attached hydrogen (secondary N) is 1. The summed E-state index contributed by atoms with van der Waals surface area (Å²) in [6, 6.07) is 11.9. The van der Waals surface area contributed by atoms with Gasteiger partial charge < -0.3 is 10.1 Å². The summed E-state index contributed by atoms with van der Waals surface area (Å²) in [4.78, 5) is 4.18. The minimum Gasteiger partial charge on any atom is -0.492 e. The Morgan fingerprint density at radius 1 is 1.30 bits per heavy atom. The molecule has 2 aromatic rings. The molecule has 0 aliphatic heterocycles. The van der Waals surface area contributed by atoms with Crippen molar-refractivity contribution in [2.45, 2.75) is 13.8 Å². The van der Waals surface area contributed by atoms with Crippen LogP contribution in [0.3, 0.4) is 0 Å². The van der Waals surface area contributed by atoms with Gasteiger partial charge >= 0.3 is 0 Å². The fourth-order valence-corrected chi connectivity index (χ4v) is 1.88. The zero-order chi connectivity index (χ0) is 14.4. The summed E-state index contributed by atoms with van der Waals surface area (Å²) in [7, 11) is 0. The third-order valence-electron chi connectivity index (χ3n) is 2.92. The summed E-state index contributed by atoms with van der Waals surface area (Å²) in [6.07, 6.45) is 1.69. The van der Waals surface area contributed by atoms with E-state index in [0.29, 0.717) is 24.5 Å². The number of anilines is 1. The molecule has 0 unspecified atom stereocenters.